The summed E-state index contributed by atoms with van der Waals surface area (Å²) in [5.74, 6) is -34.7. The van der Waals surface area contributed by atoms with E-state index in [4.69, 9.17) is 23.2 Å². The molecule has 0 aromatic carbocycles. The molecular weight excluding hydrogens is 494 g/mol. The van der Waals surface area contributed by atoms with Gasteiger partial charge in [0.1, 0.15) is 16.1 Å². The molecule has 0 bridgehead atoms. The number of carbonyl (C=O) groups is 1. The van der Waals surface area contributed by atoms with Crippen LogP contribution in [0.5, 0.6) is 0 Å². The molecule has 168 valence electrons. The molecule has 3 nitrogen and oxygen atoms in total. The van der Waals surface area contributed by atoms with E-state index in [9.17, 15) is 58.2 Å². The number of allylic oxidation sites excluding steroid dienone is 1. The average molecular weight is 498 g/mol. The van der Waals surface area contributed by atoms with Crippen molar-refractivity contribution in [1.82, 2.24) is 4.98 Å². The number of aliphatic hydroxyl groups is 1. The van der Waals surface area contributed by atoms with Crippen LogP contribution in [-0.4, -0.2) is 45.7 Å². The first-order valence-corrected chi connectivity index (χ1v) is 7.82. The van der Waals surface area contributed by atoms with Crippen LogP contribution in [-0.2, 0) is 4.79 Å². The zero-order chi connectivity index (χ0) is 23.7. The second-order valence-electron chi connectivity index (χ2n) is 5.94. The fraction of sp³-hybridized carbons (Fsp3) is 0.429. The van der Waals surface area contributed by atoms with Gasteiger partial charge >= 0.3 is 29.9 Å². The zero-order valence-electron chi connectivity index (χ0n) is 13.4. The molecule has 0 amide bonds. The van der Waals surface area contributed by atoms with Crippen molar-refractivity contribution in [1.29, 1.82) is 0 Å². The van der Waals surface area contributed by atoms with E-state index in [0.717, 1.165) is 0 Å². The molecule has 1 N–H and O–H groups in total. The lowest BCUT2D eigenvalue weighted by Crippen LogP contribution is -2.64. The molecule has 0 spiro atoms. The first-order chi connectivity index (χ1) is 13.2. The number of alkyl halides is 11. The summed E-state index contributed by atoms with van der Waals surface area (Å²) in [6, 6.07) is 1.11. The fourth-order valence-electron chi connectivity index (χ4n) is 2.80. The van der Waals surface area contributed by atoms with Gasteiger partial charge in [0.25, 0.3) is 5.41 Å². The molecule has 1 aliphatic carbocycles. The van der Waals surface area contributed by atoms with E-state index in [-0.39, 0.29) is 0 Å². The van der Waals surface area contributed by atoms with Gasteiger partial charge in [-0.1, -0.05) is 23.2 Å². The fourth-order valence-corrected chi connectivity index (χ4v) is 3.26. The minimum absolute atomic E-state index is 0.557. The molecule has 0 unspecified atom stereocenters. The van der Waals surface area contributed by atoms with Gasteiger partial charge in [0.2, 0.25) is 0 Å². The Kier molecular flexibility index (Phi) is 5.36. The van der Waals surface area contributed by atoms with Crippen molar-refractivity contribution < 1.29 is 58.2 Å². The molecule has 2 rings (SSSR count). The number of nitrogens with zero attached hydrogens (tertiary/aromatic N) is 1. The summed E-state index contributed by atoms with van der Waals surface area (Å²) in [5.41, 5.74) is -7.77. The van der Waals surface area contributed by atoms with E-state index < -0.39 is 68.8 Å². The second-order valence-corrected chi connectivity index (χ2v) is 6.71. The standard InChI is InChI=1S/C14H4Cl2F11NO2/c15-7-1-4(2-8(16)28-7)5(29)3-6(30)9(14(25,26)27)10(17,18)12(21,22)13(23,24)11(9,19)20/h1-3,29H/b5-3-. The summed E-state index contributed by atoms with van der Waals surface area (Å²) in [4.78, 5) is 15.2. The quantitative estimate of drug-likeness (QED) is 0.242. The molecule has 1 fully saturated rings. The maximum atomic E-state index is 13.9. The zero-order valence-corrected chi connectivity index (χ0v) is 15.0. The van der Waals surface area contributed by atoms with E-state index in [1.807, 2.05) is 0 Å². The van der Waals surface area contributed by atoms with Crippen molar-refractivity contribution in [3.8, 4) is 0 Å². The van der Waals surface area contributed by atoms with Crippen molar-refractivity contribution in [2.24, 2.45) is 5.41 Å². The van der Waals surface area contributed by atoms with E-state index in [1.54, 1.807) is 0 Å². The molecule has 1 saturated carbocycles. The van der Waals surface area contributed by atoms with E-state index in [2.05, 4.69) is 4.98 Å². The largest absolute Gasteiger partial charge is 0.507 e. The Morgan fingerprint density at radius 1 is 0.867 bits per heavy atom. The molecule has 1 aliphatic rings. The maximum Gasteiger partial charge on any atom is 0.414 e. The van der Waals surface area contributed by atoms with Gasteiger partial charge in [-0.05, 0) is 12.1 Å². The van der Waals surface area contributed by atoms with Gasteiger partial charge in [0, 0.05) is 11.6 Å². The van der Waals surface area contributed by atoms with Gasteiger partial charge in [-0.25, -0.2) is 4.98 Å². The highest BCUT2D eigenvalue weighted by Crippen LogP contribution is 2.75. The number of pyridine rings is 1. The third-order valence-electron chi connectivity index (χ3n) is 4.25. The van der Waals surface area contributed by atoms with Crippen molar-refractivity contribution in [2.75, 3.05) is 0 Å². The number of halogens is 13. The van der Waals surface area contributed by atoms with E-state index in [1.165, 1.54) is 0 Å². The Balaban J connectivity index is 2.85. The summed E-state index contributed by atoms with van der Waals surface area (Å²) >= 11 is 10.8. The molecular formula is C14H4Cl2F11NO2. The number of carbonyl (C=O) groups excluding carboxylic acids is 1. The highest BCUT2D eigenvalue weighted by atomic mass is 35.5. The predicted octanol–water partition coefficient (Wildman–Crippen LogP) is 5.96. The summed E-state index contributed by atoms with van der Waals surface area (Å²) < 4.78 is 149. The molecule has 0 aliphatic heterocycles. The van der Waals surface area contributed by atoms with E-state index in [0.29, 0.717) is 12.1 Å². The third kappa shape index (κ3) is 2.71. The van der Waals surface area contributed by atoms with Crippen LogP contribution in [0.25, 0.3) is 5.76 Å². The van der Waals surface area contributed by atoms with Crippen molar-refractivity contribution in [2.45, 2.75) is 29.9 Å². The van der Waals surface area contributed by atoms with Crippen molar-refractivity contribution >= 4 is 34.7 Å². The summed E-state index contributed by atoms with van der Waals surface area (Å²) in [7, 11) is 0. The second kappa shape index (κ2) is 6.58. The highest BCUT2D eigenvalue weighted by Gasteiger charge is 3.06. The van der Waals surface area contributed by atoms with Crippen molar-refractivity contribution in [3.05, 3.63) is 34.1 Å². The summed E-state index contributed by atoms with van der Waals surface area (Å²) in [6.07, 6.45) is -8.31. The van der Waals surface area contributed by atoms with Crippen LogP contribution in [0.3, 0.4) is 0 Å². The van der Waals surface area contributed by atoms with Crippen molar-refractivity contribution in [3.63, 3.8) is 0 Å². The Morgan fingerprint density at radius 2 is 1.23 bits per heavy atom. The van der Waals surface area contributed by atoms with E-state index >= 15 is 0 Å². The maximum absolute atomic E-state index is 13.9. The first kappa shape index (κ1) is 24.4. The van der Waals surface area contributed by atoms with Crippen LogP contribution in [0, 0.1) is 5.41 Å². The molecule has 16 heteroatoms. The van der Waals surface area contributed by atoms with Gasteiger partial charge in [0.05, 0.1) is 0 Å². The topological polar surface area (TPSA) is 50.2 Å². The Bertz CT molecular complexity index is 881. The summed E-state index contributed by atoms with van der Waals surface area (Å²) in [6.45, 7) is 0. The smallest absolute Gasteiger partial charge is 0.414 e. The monoisotopic (exact) mass is 497 g/mol. The highest BCUT2D eigenvalue weighted by molar-refractivity contribution is 6.32. The number of ketones is 1. The molecule has 1 heterocycles. The molecule has 0 saturated heterocycles. The molecule has 0 atom stereocenters. The van der Waals surface area contributed by atoms with Crippen LogP contribution in [0.1, 0.15) is 5.56 Å². The Labute approximate surface area is 168 Å². The molecule has 1 aromatic rings. The first-order valence-electron chi connectivity index (χ1n) is 7.06. The Hall–Kier alpha value is -1.83. The molecule has 30 heavy (non-hydrogen) atoms. The number of rotatable bonds is 3. The minimum Gasteiger partial charge on any atom is -0.507 e. The van der Waals surface area contributed by atoms with Gasteiger partial charge in [-0.3, -0.25) is 4.79 Å². The van der Waals surface area contributed by atoms with Crippen LogP contribution in [0.4, 0.5) is 48.3 Å². The lowest BCUT2D eigenvalue weighted by atomic mass is 9.74. The van der Waals surface area contributed by atoms with Crippen LogP contribution >= 0.6 is 23.2 Å². The predicted molar refractivity (Wildman–Crippen MR) is 78.1 cm³/mol. The summed E-state index contributed by atoms with van der Waals surface area (Å²) in [5, 5.41) is 8.46. The minimum atomic E-state index is -7.33. The van der Waals surface area contributed by atoms with Gasteiger partial charge < -0.3 is 5.11 Å². The number of aliphatic hydroxyl groups excluding tert-OH is 1. The number of hydrogen-bond acceptors (Lipinski definition) is 3. The van der Waals surface area contributed by atoms with Crippen LogP contribution < -0.4 is 0 Å². The van der Waals surface area contributed by atoms with Gasteiger partial charge in [-0.2, -0.15) is 48.3 Å². The number of hydrogen-bond donors (Lipinski definition) is 1. The van der Waals surface area contributed by atoms with Crippen LogP contribution in [0.15, 0.2) is 18.2 Å². The Morgan fingerprint density at radius 3 is 1.57 bits per heavy atom. The normalized spacial score (nSPS) is 24.0. The number of aromatic nitrogens is 1. The van der Waals surface area contributed by atoms with Crippen LogP contribution in [0.2, 0.25) is 10.3 Å². The lowest BCUT2D eigenvalue weighted by Gasteiger charge is -2.37. The SMILES string of the molecule is O=C(/C=C(\O)c1cc(Cl)nc(Cl)c1)C1(C(F)(F)F)C(F)(F)C(F)(F)C(F)(F)C1(F)F. The third-order valence-corrected chi connectivity index (χ3v) is 4.63. The van der Waals surface area contributed by atoms with Gasteiger partial charge in [-0.15, -0.1) is 0 Å². The van der Waals surface area contributed by atoms with Gasteiger partial charge in [0.15, 0.2) is 5.78 Å². The molecule has 1 aromatic heterocycles. The average Bonchev–Trinajstić information content (AvgIpc) is 2.57. The molecule has 0 radical (unpaired) electrons. The lowest BCUT2D eigenvalue weighted by molar-refractivity contribution is -0.341.